The maximum atomic E-state index is 12.8. The number of carbonyl (C=O) groups is 2. The first-order valence-corrected chi connectivity index (χ1v) is 8.45. The molecule has 2 aromatic carbocycles. The van der Waals surface area contributed by atoms with Crippen molar-refractivity contribution in [2.45, 2.75) is 19.9 Å². The molecule has 6 heteroatoms. The van der Waals surface area contributed by atoms with Gasteiger partial charge in [0.15, 0.2) is 11.5 Å². The fraction of sp³-hybridized carbons (Fsp3) is 0.300. The van der Waals surface area contributed by atoms with Crippen LogP contribution in [0.2, 0.25) is 0 Å². The van der Waals surface area contributed by atoms with Crippen LogP contribution >= 0.6 is 0 Å². The second-order valence-electron chi connectivity index (χ2n) is 6.51. The average molecular weight is 354 g/mol. The number of ether oxygens (including phenoxy) is 1. The second-order valence-corrected chi connectivity index (χ2v) is 6.51. The highest BCUT2D eigenvalue weighted by molar-refractivity contribution is 6.02. The molecular weight excluding hydrogens is 332 g/mol. The summed E-state index contributed by atoms with van der Waals surface area (Å²) in [4.78, 5) is 28.7. The molecule has 0 aromatic heterocycles. The quantitative estimate of drug-likeness (QED) is 0.920. The first-order valence-electron chi connectivity index (χ1n) is 8.45. The van der Waals surface area contributed by atoms with Crippen LogP contribution in [0.1, 0.15) is 22.8 Å². The van der Waals surface area contributed by atoms with E-state index in [9.17, 15) is 14.7 Å². The van der Waals surface area contributed by atoms with E-state index < -0.39 is 0 Å². The van der Waals surface area contributed by atoms with Gasteiger partial charge in [-0.2, -0.15) is 0 Å². The first-order chi connectivity index (χ1) is 12.4. The Labute approximate surface area is 152 Å². The van der Waals surface area contributed by atoms with Gasteiger partial charge >= 0.3 is 0 Å². The molecule has 0 spiro atoms. The summed E-state index contributed by atoms with van der Waals surface area (Å²) in [6.07, 6.45) is 0. The molecule has 0 bridgehead atoms. The minimum absolute atomic E-state index is 0.0110. The Hall–Kier alpha value is -3.02. The van der Waals surface area contributed by atoms with Gasteiger partial charge in [-0.3, -0.25) is 9.59 Å². The summed E-state index contributed by atoms with van der Waals surface area (Å²) in [5.41, 5.74) is 2.35. The average Bonchev–Trinajstić information content (AvgIpc) is 2.64. The van der Waals surface area contributed by atoms with E-state index in [0.717, 1.165) is 11.3 Å². The number of methoxy groups -OCH3 is 1. The number of phenols is 1. The number of aryl methyl sites for hydroxylation is 1. The van der Waals surface area contributed by atoms with E-state index in [1.165, 1.54) is 25.3 Å². The number of hydrogen-bond acceptors (Lipinski definition) is 4. The number of phenolic OH excluding ortho intramolecular Hbond substituents is 1. The minimum Gasteiger partial charge on any atom is -0.504 e. The molecule has 2 amide bonds. The third-order valence-electron chi connectivity index (χ3n) is 4.62. The lowest BCUT2D eigenvalue weighted by Crippen LogP contribution is -2.57. The predicted molar refractivity (Wildman–Crippen MR) is 98.7 cm³/mol. The van der Waals surface area contributed by atoms with Crippen LogP contribution in [-0.2, 0) is 4.79 Å². The molecule has 1 heterocycles. The maximum absolute atomic E-state index is 12.8. The minimum atomic E-state index is -0.257. The van der Waals surface area contributed by atoms with E-state index in [1.807, 2.05) is 38.1 Å². The molecule has 1 aliphatic rings. The van der Waals surface area contributed by atoms with Crippen LogP contribution in [0.5, 0.6) is 11.5 Å². The van der Waals surface area contributed by atoms with Gasteiger partial charge in [0.05, 0.1) is 7.11 Å². The first kappa shape index (κ1) is 17.8. The highest BCUT2D eigenvalue weighted by Crippen LogP contribution is 2.28. The fourth-order valence-corrected chi connectivity index (χ4v) is 3.07. The van der Waals surface area contributed by atoms with E-state index in [-0.39, 0.29) is 35.9 Å². The third kappa shape index (κ3) is 3.35. The number of piperazine rings is 1. The van der Waals surface area contributed by atoms with Gasteiger partial charge in [0.2, 0.25) is 5.91 Å². The number of benzene rings is 2. The smallest absolute Gasteiger partial charge is 0.254 e. The van der Waals surface area contributed by atoms with E-state index in [0.29, 0.717) is 12.1 Å². The van der Waals surface area contributed by atoms with Crippen molar-refractivity contribution in [2.75, 3.05) is 25.1 Å². The van der Waals surface area contributed by atoms with Gasteiger partial charge in [0.25, 0.3) is 5.91 Å². The molecular formula is C20H22N2O4. The van der Waals surface area contributed by atoms with Gasteiger partial charge in [-0.1, -0.05) is 17.7 Å². The van der Waals surface area contributed by atoms with Gasteiger partial charge in [0, 0.05) is 23.8 Å². The molecule has 0 saturated carbocycles. The zero-order chi connectivity index (χ0) is 18.8. The van der Waals surface area contributed by atoms with Crippen LogP contribution in [0.3, 0.4) is 0 Å². The van der Waals surface area contributed by atoms with Crippen molar-refractivity contribution >= 4 is 17.5 Å². The highest BCUT2D eigenvalue weighted by atomic mass is 16.5. The topological polar surface area (TPSA) is 70.1 Å². The van der Waals surface area contributed by atoms with E-state index in [2.05, 4.69) is 0 Å². The molecule has 26 heavy (non-hydrogen) atoms. The standard InChI is InChI=1S/C20H22N2O4/c1-13-4-7-16(8-5-13)22-11-14(2)21(12-19(22)24)20(25)15-6-9-17(23)18(10-15)26-3/h4-10,14,23H,11-12H2,1-3H3/t14-/m0/s1. The van der Waals surface area contributed by atoms with Crippen LogP contribution in [0, 0.1) is 6.92 Å². The Balaban J connectivity index is 1.80. The summed E-state index contributed by atoms with van der Waals surface area (Å²) >= 11 is 0. The zero-order valence-electron chi connectivity index (χ0n) is 15.1. The molecule has 1 aliphatic heterocycles. The molecule has 1 N–H and O–H groups in total. The predicted octanol–water partition coefficient (Wildman–Crippen LogP) is 2.59. The molecule has 0 unspecified atom stereocenters. The Morgan fingerprint density at radius 2 is 1.88 bits per heavy atom. The number of nitrogens with zero attached hydrogens (tertiary/aromatic N) is 2. The van der Waals surface area contributed by atoms with Gasteiger partial charge in [0.1, 0.15) is 6.54 Å². The molecule has 2 aromatic rings. The summed E-state index contributed by atoms with van der Waals surface area (Å²) in [6.45, 7) is 4.36. The number of rotatable bonds is 3. The SMILES string of the molecule is COc1cc(C(=O)N2CC(=O)N(c3ccc(C)cc3)C[C@@H]2C)ccc1O. The maximum Gasteiger partial charge on any atom is 0.254 e. The van der Waals surface area contributed by atoms with Crippen LogP contribution in [-0.4, -0.2) is 48.1 Å². The third-order valence-corrected chi connectivity index (χ3v) is 4.62. The molecule has 0 aliphatic carbocycles. The van der Waals surface area contributed by atoms with Crippen molar-refractivity contribution < 1.29 is 19.4 Å². The van der Waals surface area contributed by atoms with Crippen LogP contribution < -0.4 is 9.64 Å². The van der Waals surface area contributed by atoms with E-state index in [1.54, 1.807) is 9.80 Å². The monoisotopic (exact) mass is 354 g/mol. The normalized spacial score (nSPS) is 17.3. The molecule has 1 fully saturated rings. The number of carbonyl (C=O) groups excluding carboxylic acids is 2. The van der Waals surface area contributed by atoms with Gasteiger partial charge in [-0.05, 0) is 44.2 Å². The fourth-order valence-electron chi connectivity index (χ4n) is 3.07. The van der Waals surface area contributed by atoms with Crippen molar-refractivity contribution in [3.8, 4) is 11.5 Å². The van der Waals surface area contributed by atoms with Crippen molar-refractivity contribution in [3.63, 3.8) is 0 Å². The Morgan fingerprint density at radius 3 is 2.54 bits per heavy atom. The lowest BCUT2D eigenvalue weighted by Gasteiger charge is -2.39. The van der Waals surface area contributed by atoms with Crippen LogP contribution in [0.15, 0.2) is 42.5 Å². The van der Waals surface area contributed by atoms with Gasteiger partial charge in [-0.25, -0.2) is 0 Å². The van der Waals surface area contributed by atoms with E-state index in [4.69, 9.17) is 4.74 Å². The van der Waals surface area contributed by atoms with Crippen molar-refractivity contribution in [3.05, 3.63) is 53.6 Å². The number of anilines is 1. The number of aromatic hydroxyl groups is 1. The molecule has 1 saturated heterocycles. The lowest BCUT2D eigenvalue weighted by atomic mass is 10.1. The highest BCUT2D eigenvalue weighted by Gasteiger charge is 2.33. The Morgan fingerprint density at radius 1 is 1.19 bits per heavy atom. The van der Waals surface area contributed by atoms with E-state index >= 15 is 0 Å². The summed E-state index contributed by atoms with van der Waals surface area (Å²) in [5, 5.41) is 9.69. The molecule has 6 nitrogen and oxygen atoms in total. The van der Waals surface area contributed by atoms with Crippen molar-refractivity contribution in [1.82, 2.24) is 4.90 Å². The largest absolute Gasteiger partial charge is 0.504 e. The summed E-state index contributed by atoms with van der Waals surface area (Å²) < 4.78 is 5.06. The zero-order valence-corrected chi connectivity index (χ0v) is 15.1. The van der Waals surface area contributed by atoms with Crippen LogP contribution in [0.4, 0.5) is 5.69 Å². The molecule has 1 atom stereocenters. The van der Waals surface area contributed by atoms with Gasteiger partial charge in [-0.15, -0.1) is 0 Å². The summed E-state index contributed by atoms with van der Waals surface area (Å²) in [7, 11) is 1.43. The summed E-state index contributed by atoms with van der Waals surface area (Å²) in [6, 6.07) is 12.1. The van der Waals surface area contributed by atoms with Crippen LogP contribution in [0.25, 0.3) is 0 Å². The van der Waals surface area contributed by atoms with Crippen molar-refractivity contribution in [1.29, 1.82) is 0 Å². The Kier molecular flexibility index (Phi) is 4.84. The summed E-state index contributed by atoms with van der Waals surface area (Å²) in [5.74, 6) is -0.177. The molecule has 136 valence electrons. The number of hydrogen-bond donors (Lipinski definition) is 1. The lowest BCUT2D eigenvalue weighted by molar-refractivity contribution is -0.121. The van der Waals surface area contributed by atoms with Crippen molar-refractivity contribution in [2.24, 2.45) is 0 Å². The molecule has 0 radical (unpaired) electrons. The van der Waals surface area contributed by atoms with Gasteiger partial charge < -0.3 is 19.6 Å². The Bertz CT molecular complexity index is 832. The number of amides is 2. The second kappa shape index (κ2) is 7.07. The molecule has 3 rings (SSSR count).